The van der Waals surface area contributed by atoms with Gasteiger partial charge in [0, 0.05) is 28.9 Å². The first-order valence-electron chi connectivity index (χ1n) is 6.80. The topological polar surface area (TPSA) is 31.2 Å². The first kappa shape index (κ1) is 15.7. The molecule has 4 heteroatoms. The summed E-state index contributed by atoms with van der Waals surface area (Å²) >= 11 is 3.35. The van der Waals surface area contributed by atoms with Gasteiger partial charge >= 0.3 is 6.09 Å². The fourth-order valence-electron chi connectivity index (χ4n) is 1.90. The normalized spacial score (nSPS) is 11.0. The van der Waals surface area contributed by atoms with Gasteiger partial charge < -0.3 is 4.74 Å². The van der Waals surface area contributed by atoms with E-state index in [0.717, 1.165) is 28.2 Å². The number of aromatic nitrogens is 1. The zero-order valence-electron chi connectivity index (χ0n) is 12.4. The second-order valence-corrected chi connectivity index (χ2v) is 6.47. The first-order chi connectivity index (χ1) is 9.90. The zero-order chi connectivity index (χ0) is 15.5. The van der Waals surface area contributed by atoms with Crippen LogP contribution in [0.2, 0.25) is 0 Å². The Hall–Kier alpha value is -1.73. The number of carbonyl (C=O) groups excluding carboxylic acids is 1. The van der Waals surface area contributed by atoms with Crippen molar-refractivity contribution in [3.8, 4) is 11.8 Å². The molecule has 0 aliphatic heterocycles. The molecule has 0 bridgehead atoms. The van der Waals surface area contributed by atoms with Gasteiger partial charge in [-0.3, -0.25) is 4.57 Å². The van der Waals surface area contributed by atoms with Crippen molar-refractivity contribution in [3.05, 3.63) is 36.0 Å². The lowest BCUT2D eigenvalue weighted by Gasteiger charge is -2.19. The van der Waals surface area contributed by atoms with Crippen LogP contribution in [-0.2, 0) is 4.74 Å². The fraction of sp³-hybridized carbons (Fsp3) is 0.353. The fourth-order valence-corrected chi connectivity index (χ4v) is 2.10. The largest absolute Gasteiger partial charge is 0.443 e. The summed E-state index contributed by atoms with van der Waals surface area (Å²) in [5.41, 5.74) is 1.27. The van der Waals surface area contributed by atoms with Crippen LogP contribution in [0.5, 0.6) is 0 Å². The van der Waals surface area contributed by atoms with Crippen molar-refractivity contribution < 1.29 is 9.53 Å². The molecular weight excluding hydrogens is 330 g/mol. The third-order valence-electron chi connectivity index (χ3n) is 2.73. The summed E-state index contributed by atoms with van der Waals surface area (Å²) in [5.74, 6) is 6.19. The maximum absolute atomic E-state index is 12.1. The molecule has 0 fully saturated rings. The Kier molecular flexibility index (Phi) is 4.74. The average Bonchev–Trinajstić information content (AvgIpc) is 2.80. The van der Waals surface area contributed by atoms with E-state index in [1.807, 2.05) is 45.0 Å². The second-order valence-electron chi connectivity index (χ2n) is 5.68. The SMILES string of the molecule is CC(C)(C)OC(=O)n1ccc2cc(C#CCCBr)ccc21. The maximum atomic E-state index is 12.1. The molecule has 1 heterocycles. The van der Waals surface area contributed by atoms with Gasteiger partial charge in [-0.1, -0.05) is 27.8 Å². The van der Waals surface area contributed by atoms with E-state index in [-0.39, 0.29) is 6.09 Å². The molecular formula is C17H18BrNO2. The molecule has 0 amide bonds. The Labute approximate surface area is 133 Å². The first-order valence-corrected chi connectivity index (χ1v) is 7.92. The molecule has 2 aromatic rings. The number of benzene rings is 1. The molecule has 0 aliphatic rings. The Balaban J connectivity index is 2.30. The van der Waals surface area contributed by atoms with Crippen molar-refractivity contribution in [3.63, 3.8) is 0 Å². The number of fused-ring (bicyclic) bond motifs is 1. The lowest BCUT2D eigenvalue weighted by molar-refractivity contribution is 0.0544. The molecule has 3 nitrogen and oxygen atoms in total. The van der Waals surface area contributed by atoms with Crippen LogP contribution < -0.4 is 0 Å². The Morgan fingerprint density at radius 1 is 1.33 bits per heavy atom. The molecule has 1 aromatic heterocycles. The van der Waals surface area contributed by atoms with Gasteiger partial charge in [-0.25, -0.2) is 4.79 Å². The molecule has 0 spiro atoms. The molecule has 0 unspecified atom stereocenters. The summed E-state index contributed by atoms with van der Waals surface area (Å²) in [7, 11) is 0. The van der Waals surface area contributed by atoms with E-state index in [1.165, 1.54) is 4.57 Å². The van der Waals surface area contributed by atoms with Crippen LogP contribution in [-0.4, -0.2) is 21.6 Å². The van der Waals surface area contributed by atoms with E-state index in [9.17, 15) is 4.79 Å². The number of nitrogens with zero attached hydrogens (tertiary/aromatic N) is 1. The Morgan fingerprint density at radius 3 is 2.76 bits per heavy atom. The van der Waals surface area contributed by atoms with Crippen molar-refractivity contribution in [2.75, 3.05) is 5.33 Å². The molecule has 0 aliphatic carbocycles. The van der Waals surface area contributed by atoms with Gasteiger partial charge in [0.15, 0.2) is 0 Å². The number of hydrogen-bond donors (Lipinski definition) is 0. The van der Waals surface area contributed by atoms with E-state index in [1.54, 1.807) is 6.20 Å². The average molecular weight is 348 g/mol. The second kappa shape index (κ2) is 6.36. The van der Waals surface area contributed by atoms with Crippen molar-refractivity contribution in [1.82, 2.24) is 4.57 Å². The predicted octanol–water partition coefficient (Wildman–Crippen LogP) is 4.56. The van der Waals surface area contributed by atoms with E-state index >= 15 is 0 Å². The third kappa shape index (κ3) is 4.12. The number of halogens is 1. The highest BCUT2D eigenvalue weighted by molar-refractivity contribution is 9.09. The van der Waals surface area contributed by atoms with E-state index in [4.69, 9.17) is 4.74 Å². The number of alkyl halides is 1. The summed E-state index contributed by atoms with van der Waals surface area (Å²) in [6.07, 6.45) is 2.18. The lowest BCUT2D eigenvalue weighted by atomic mass is 10.1. The molecule has 0 saturated heterocycles. The summed E-state index contributed by atoms with van der Waals surface area (Å²) in [6.45, 7) is 5.57. The van der Waals surface area contributed by atoms with E-state index in [2.05, 4.69) is 27.8 Å². The molecule has 21 heavy (non-hydrogen) atoms. The van der Waals surface area contributed by atoms with Crippen molar-refractivity contribution >= 4 is 32.9 Å². The molecule has 2 rings (SSSR count). The van der Waals surface area contributed by atoms with Gasteiger partial charge in [0.05, 0.1) is 5.52 Å². The minimum absolute atomic E-state index is 0.365. The van der Waals surface area contributed by atoms with Crippen molar-refractivity contribution in [2.45, 2.75) is 32.8 Å². The smallest absolute Gasteiger partial charge is 0.418 e. The third-order valence-corrected chi connectivity index (χ3v) is 3.13. The van der Waals surface area contributed by atoms with Gasteiger partial charge in [-0.2, -0.15) is 0 Å². The minimum Gasteiger partial charge on any atom is -0.443 e. The highest BCUT2D eigenvalue weighted by Crippen LogP contribution is 2.19. The molecule has 0 atom stereocenters. The quantitative estimate of drug-likeness (QED) is 0.559. The monoisotopic (exact) mass is 347 g/mol. The van der Waals surface area contributed by atoms with Crippen LogP contribution in [0.25, 0.3) is 10.9 Å². The van der Waals surface area contributed by atoms with Gasteiger partial charge in [0.1, 0.15) is 5.60 Å². The summed E-state index contributed by atoms with van der Waals surface area (Å²) < 4.78 is 6.91. The van der Waals surface area contributed by atoms with E-state index < -0.39 is 5.60 Å². The van der Waals surface area contributed by atoms with Crippen LogP contribution >= 0.6 is 15.9 Å². The van der Waals surface area contributed by atoms with Crippen LogP contribution in [0.15, 0.2) is 30.5 Å². The maximum Gasteiger partial charge on any atom is 0.418 e. The summed E-state index contributed by atoms with van der Waals surface area (Å²) in [5, 5.41) is 1.85. The Bertz CT molecular complexity index is 714. The number of carbonyl (C=O) groups is 1. The highest BCUT2D eigenvalue weighted by Gasteiger charge is 2.18. The lowest BCUT2D eigenvalue weighted by Crippen LogP contribution is -2.26. The summed E-state index contributed by atoms with van der Waals surface area (Å²) in [6, 6.07) is 7.70. The van der Waals surface area contributed by atoms with Crippen LogP contribution in [0.3, 0.4) is 0 Å². The number of ether oxygens (including phenoxy) is 1. The molecule has 0 N–H and O–H groups in total. The number of hydrogen-bond acceptors (Lipinski definition) is 2. The summed E-state index contributed by atoms with van der Waals surface area (Å²) in [4.78, 5) is 12.1. The standard InChI is InChI=1S/C17H18BrNO2/c1-17(2,3)21-16(20)19-11-9-14-12-13(6-4-5-10-18)7-8-15(14)19/h7-9,11-12H,5,10H2,1-3H3. The van der Waals surface area contributed by atoms with Crippen LogP contribution in [0.4, 0.5) is 4.79 Å². The predicted molar refractivity (Wildman–Crippen MR) is 88.9 cm³/mol. The number of rotatable bonds is 1. The van der Waals surface area contributed by atoms with E-state index in [0.29, 0.717) is 0 Å². The Morgan fingerprint density at radius 2 is 2.10 bits per heavy atom. The van der Waals surface area contributed by atoms with Gasteiger partial charge in [0.2, 0.25) is 0 Å². The highest BCUT2D eigenvalue weighted by atomic mass is 79.9. The molecule has 110 valence electrons. The molecule has 1 aromatic carbocycles. The van der Waals surface area contributed by atoms with Gasteiger partial charge in [-0.05, 0) is 45.0 Å². The minimum atomic E-state index is -0.505. The van der Waals surface area contributed by atoms with Crippen LogP contribution in [0.1, 0.15) is 32.8 Å². The molecule has 0 saturated carbocycles. The van der Waals surface area contributed by atoms with Gasteiger partial charge in [0.25, 0.3) is 0 Å². The van der Waals surface area contributed by atoms with Crippen LogP contribution in [0, 0.1) is 11.8 Å². The van der Waals surface area contributed by atoms with Crippen molar-refractivity contribution in [1.29, 1.82) is 0 Å². The van der Waals surface area contributed by atoms with Crippen molar-refractivity contribution in [2.24, 2.45) is 0 Å². The van der Waals surface area contributed by atoms with Gasteiger partial charge in [-0.15, -0.1) is 0 Å². The molecule has 0 radical (unpaired) electrons. The zero-order valence-corrected chi connectivity index (χ0v) is 14.0.